The monoisotopic (exact) mass is 254 g/mol. The smallest absolute Gasteiger partial charge is 0.0556 e. The molecule has 2 fully saturated rings. The van der Waals surface area contributed by atoms with Crippen LogP contribution >= 0.6 is 0 Å². The fraction of sp³-hybridized carbons (Fsp3) is 1.00. The van der Waals surface area contributed by atoms with Gasteiger partial charge in [-0.05, 0) is 37.5 Å². The van der Waals surface area contributed by atoms with Crippen molar-refractivity contribution in [3.8, 4) is 0 Å². The van der Waals surface area contributed by atoms with Crippen molar-refractivity contribution in [3.05, 3.63) is 0 Å². The molecule has 0 aromatic heterocycles. The number of nitrogens with one attached hydrogen (secondary N) is 1. The summed E-state index contributed by atoms with van der Waals surface area (Å²) in [6, 6.07) is 1.40. The lowest BCUT2D eigenvalue weighted by Crippen LogP contribution is -2.53. The lowest BCUT2D eigenvalue weighted by molar-refractivity contribution is 0.0808. The van der Waals surface area contributed by atoms with Crippen LogP contribution in [0.15, 0.2) is 0 Å². The number of hydrogen-bond donors (Lipinski definition) is 2. The van der Waals surface area contributed by atoms with E-state index in [2.05, 4.69) is 24.1 Å². The molecular weight excluding hydrogens is 224 g/mol. The number of aliphatic hydroxyl groups excluding tert-OH is 1. The van der Waals surface area contributed by atoms with Gasteiger partial charge in [0.05, 0.1) is 6.61 Å². The van der Waals surface area contributed by atoms with Crippen molar-refractivity contribution in [1.82, 2.24) is 10.2 Å². The molecule has 0 aromatic carbocycles. The molecule has 1 saturated heterocycles. The van der Waals surface area contributed by atoms with Gasteiger partial charge in [-0.15, -0.1) is 0 Å². The van der Waals surface area contributed by atoms with Crippen LogP contribution < -0.4 is 5.32 Å². The Morgan fingerprint density at radius 1 is 1.28 bits per heavy atom. The van der Waals surface area contributed by atoms with Crippen molar-refractivity contribution < 1.29 is 5.11 Å². The van der Waals surface area contributed by atoms with Gasteiger partial charge in [0.2, 0.25) is 0 Å². The highest BCUT2D eigenvalue weighted by atomic mass is 16.3. The molecule has 1 aliphatic carbocycles. The molecule has 1 saturated carbocycles. The average molecular weight is 254 g/mol. The molecule has 0 bridgehead atoms. The molecule has 2 aliphatic rings. The third kappa shape index (κ3) is 3.69. The second-order valence-electron chi connectivity index (χ2n) is 6.15. The molecule has 0 amide bonds. The molecule has 18 heavy (non-hydrogen) atoms. The molecule has 0 aromatic rings. The van der Waals surface area contributed by atoms with E-state index in [-0.39, 0.29) is 6.61 Å². The first kappa shape index (κ1) is 14.3. The first-order chi connectivity index (χ1) is 8.78. The van der Waals surface area contributed by atoms with E-state index in [0.717, 1.165) is 24.4 Å². The van der Waals surface area contributed by atoms with Crippen LogP contribution in [0.3, 0.4) is 0 Å². The molecule has 3 nitrogen and oxygen atoms in total. The summed E-state index contributed by atoms with van der Waals surface area (Å²) < 4.78 is 0. The van der Waals surface area contributed by atoms with Crippen molar-refractivity contribution in [2.45, 2.75) is 58.0 Å². The minimum atomic E-state index is 0.257. The maximum absolute atomic E-state index is 8.96. The van der Waals surface area contributed by atoms with Gasteiger partial charge in [0.15, 0.2) is 0 Å². The standard InChI is InChI=1S/C15H30N2O/c1-3-12-9-14(16-7-8-18)11-17(10-12)15(4-2)13-5-6-13/h12-16,18H,3-11H2,1-2H3. The van der Waals surface area contributed by atoms with E-state index in [4.69, 9.17) is 5.11 Å². The molecule has 3 unspecified atom stereocenters. The van der Waals surface area contributed by atoms with E-state index in [1.54, 1.807) is 0 Å². The summed E-state index contributed by atoms with van der Waals surface area (Å²) in [5.74, 6) is 1.81. The number of nitrogens with zero attached hydrogens (tertiary/aromatic N) is 1. The molecule has 0 spiro atoms. The maximum atomic E-state index is 8.96. The van der Waals surface area contributed by atoms with E-state index in [0.29, 0.717) is 6.04 Å². The van der Waals surface area contributed by atoms with Gasteiger partial charge in [-0.2, -0.15) is 0 Å². The maximum Gasteiger partial charge on any atom is 0.0556 e. The van der Waals surface area contributed by atoms with E-state index < -0.39 is 0 Å². The Bertz CT molecular complexity index is 243. The summed E-state index contributed by atoms with van der Waals surface area (Å²) in [4.78, 5) is 2.74. The third-order valence-electron chi connectivity index (χ3n) is 4.74. The summed E-state index contributed by atoms with van der Waals surface area (Å²) in [6.45, 7) is 8.14. The quantitative estimate of drug-likeness (QED) is 0.728. The van der Waals surface area contributed by atoms with Crippen molar-refractivity contribution in [2.24, 2.45) is 11.8 Å². The lowest BCUT2D eigenvalue weighted by atomic mass is 9.90. The van der Waals surface area contributed by atoms with E-state index in [1.807, 2.05) is 0 Å². The normalized spacial score (nSPS) is 31.5. The van der Waals surface area contributed by atoms with Gasteiger partial charge in [-0.25, -0.2) is 0 Å². The fourth-order valence-corrected chi connectivity index (χ4v) is 3.59. The van der Waals surface area contributed by atoms with Gasteiger partial charge in [0.25, 0.3) is 0 Å². The highest BCUT2D eigenvalue weighted by molar-refractivity contribution is 4.92. The van der Waals surface area contributed by atoms with Gasteiger partial charge in [-0.3, -0.25) is 4.90 Å². The second kappa shape index (κ2) is 6.88. The van der Waals surface area contributed by atoms with Gasteiger partial charge < -0.3 is 10.4 Å². The van der Waals surface area contributed by atoms with Crippen molar-refractivity contribution in [3.63, 3.8) is 0 Å². The van der Waals surface area contributed by atoms with Crippen LogP contribution in [0.25, 0.3) is 0 Å². The number of piperidine rings is 1. The van der Waals surface area contributed by atoms with Crippen molar-refractivity contribution in [1.29, 1.82) is 0 Å². The van der Waals surface area contributed by atoms with E-state index in [1.165, 1.54) is 45.2 Å². The summed E-state index contributed by atoms with van der Waals surface area (Å²) in [5.41, 5.74) is 0. The molecule has 1 heterocycles. The SMILES string of the molecule is CCC1CC(NCCO)CN(C(CC)C2CC2)C1. The summed E-state index contributed by atoms with van der Waals surface area (Å²) >= 11 is 0. The topological polar surface area (TPSA) is 35.5 Å². The van der Waals surface area contributed by atoms with Crippen LogP contribution in [0, 0.1) is 11.8 Å². The predicted octanol–water partition coefficient (Wildman–Crippen LogP) is 1.86. The molecule has 106 valence electrons. The van der Waals surface area contributed by atoms with E-state index >= 15 is 0 Å². The molecule has 1 aliphatic heterocycles. The van der Waals surface area contributed by atoms with Crippen LogP contribution in [0.2, 0.25) is 0 Å². The highest BCUT2D eigenvalue weighted by Crippen LogP contribution is 2.38. The highest BCUT2D eigenvalue weighted by Gasteiger charge is 2.37. The van der Waals surface area contributed by atoms with Crippen LogP contribution in [0.5, 0.6) is 0 Å². The number of hydrogen-bond acceptors (Lipinski definition) is 3. The zero-order chi connectivity index (χ0) is 13.0. The van der Waals surface area contributed by atoms with Gasteiger partial charge >= 0.3 is 0 Å². The first-order valence-electron chi connectivity index (χ1n) is 7.86. The molecule has 0 radical (unpaired) electrons. The van der Waals surface area contributed by atoms with E-state index in [9.17, 15) is 0 Å². The summed E-state index contributed by atoms with van der Waals surface area (Å²) in [5, 5.41) is 12.5. The number of likely N-dealkylation sites (tertiary alicyclic amines) is 1. The largest absolute Gasteiger partial charge is 0.395 e. The zero-order valence-corrected chi connectivity index (χ0v) is 12.1. The van der Waals surface area contributed by atoms with Crippen LogP contribution in [0.4, 0.5) is 0 Å². The molecule has 3 atom stereocenters. The van der Waals surface area contributed by atoms with Crippen molar-refractivity contribution in [2.75, 3.05) is 26.2 Å². The number of aliphatic hydroxyl groups is 1. The average Bonchev–Trinajstić information content (AvgIpc) is 3.21. The Morgan fingerprint density at radius 2 is 2.06 bits per heavy atom. The van der Waals surface area contributed by atoms with Gasteiger partial charge in [-0.1, -0.05) is 20.3 Å². The minimum absolute atomic E-state index is 0.257. The first-order valence-corrected chi connectivity index (χ1v) is 7.86. The predicted molar refractivity (Wildman–Crippen MR) is 75.7 cm³/mol. The Kier molecular flexibility index (Phi) is 5.46. The van der Waals surface area contributed by atoms with Crippen LogP contribution in [-0.4, -0.2) is 48.3 Å². The summed E-state index contributed by atoms with van der Waals surface area (Å²) in [7, 11) is 0. The van der Waals surface area contributed by atoms with Crippen molar-refractivity contribution >= 4 is 0 Å². The number of rotatable bonds is 7. The molecular formula is C15H30N2O. The zero-order valence-electron chi connectivity index (χ0n) is 12.1. The van der Waals surface area contributed by atoms with Gasteiger partial charge in [0, 0.05) is 31.7 Å². The third-order valence-corrected chi connectivity index (χ3v) is 4.74. The Balaban J connectivity index is 1.91. The Hall–Kier alpha value is -0.120. The Labute approximate surface area is 112 Å². The van der Waals surface area contributed by atoms with Crippen LogP contribution in [0.1, 0.15) is 46.0 Å². The lowest BCUT2D eigenvalue weighted by Gasteiger charge is -2.42. The minimum Gasteiger partial charge on any atom is -0.395 e. The molecule has 2 N–H and O–H groups in total. The van der Waals surface area contributed by atoms with Gasteiger partial charge in [0.1, 0.15) is 0 Å². The summed E-state index contributed by atoms with van der Waals surface area (Å²) in [6.07, 6.45) is 6.76. The fourth-order valence-electron chi connectivity index (χ4n) is 3.59. The molecule has 2 rings (SSSR count). The Morgan fingerprint density at radius 3 is 2.61 bits per heavy atom. The molecule has 3 heteroatoms. The van der Waals surface area contributed by atoms with Crippen LogP contribution in [-0.2, 0) is 0 Å². The second-order valence-corrected chi connectivity index (χ2v) is 6.15.